The molecule has 7 heteroatoms. The number of nitrogens with one attached hydrogen (secondary N) is 1. The molecule has 0 saturated carbocycles. The number of guanidine groups is 1. The highest BCUT2D eigenvalue weighted by Crippen LogP contribution is 2.25. The molecule has 3 fully saturated rings. The molecule has 6 nitrogen and oxygen atoms in total. The zero-order chi connectivity index (χ0) is 20.8. The van der Waals surface area contributed by atoms with E-state index in [0.717, 1.165) is 51.8 Å². The Kier molecular flexibility index (Phi) is 9.87. The summed E-state index contributed by atoms with van der Waals surface area (Å²) < 4.78 is 6.17. The quantitative estimate of drug-likeness (QED) is 0.327. The molecule has 0 aliphatic carbocycles. The minimum Gasteiger partial charge on any atom is -0.373 e. The van der Waals surface area contributed by atoms with Gasteiger partial charge in [0.2, 0.25) is 0 Å². The third kappa shape index (κ3) is 6.79. The molecule has 0 amide bonds. The molecular formula is C24H40IN5O. The molecule has 1 aromatic carbocycles. The highest BCUT2D eigenvalue weighted by Gasteiger charge is 2.41. The van der Waals surface area contributed by atoms with Crippen molar-refractivity contribution in [3.63, 3.8) is 0 Å². The van der Waals surface area contributed by atoms with Gasteiger partial charge in [0.1, 0.15) is 0 Å². The highest BCUT2D eigenvalue weighted by molar-refractivity contribution is 14.0. The Balaban J connectivity index is 0.00000272. The fraction of sp³-hybridized carbons (Fsp3) is 0.708. The summed E-state index contributed by atoms with van der Waals surface area (Å²) >= 11 is 0. The molecular weight excluding hydrogens is 501 g/mol. The van der Waals surface area contributed by atoms with Crippen molar-refractivity contribution in [1.29, 1.82) is 0 Å². The average Bonchev–Trinajstić information content (AvgIpc) is 3.42. The molecule has 3 saturated heterocycles. The van der Waals surface area contributed by atoms with E-state index in [1.54, 1.807) is 0 Å². The summed E-state index contributed by atoms with van der Waals surface area (Å²) in [7, 11) is 0. The fourth-order valence-corrected chi connectivity index (χ4v) is 5.08. The summed E-state index contributed by atoms with van der Waals surface area (Å²) in [5.41, 5.74) is 1.38. The van der Waals surface area contributed by atoms with Gasteiger partial charge < -0.3 is 19.9 Å². The summed E-state index contributed by atoms with van der Waals surface area (Å²) in [5.74, 6) is 1.65. The van der Waals surface area contributed by atoms with E-state index in [4.69, 9.17) is 9.73 Å². The van der Waals surface area contributed by atoms with Crippen LogP contribution in [0.15, 0.2) is 35.3 Å². The van der Waals surface area contributed by atoms with E-state index in [0.29, 0.717) is 12.0 Å². The SMILES string of the molecule is CCNC(=NCC(C)CN1CCCC1)N1CC2OCCN(Cc3ccccc3)C2C1.I. The molecule has 174 valence electrons. The number of hydrogen-bond acceptors (Lipinski definition) is 4. The lowest BCUT2D eigenvalue weighted by molar-refractivity contribution is -0.0502. The number of halogens is 1. The maximum Gasteiger partial charge on any atom is 0.194 e. The number of likely N-dealkylation sites (tertiary alicyclic amines) is 2. The maximum atomic E-state index is 6.17. The lowest BCUT2D eigenvalue weighted by Gasteiger charge is -2.36. The van der Waals surface area contributed by atoms with Gasteiger partial charge in [-0.1, -0.05) is 37.3 Å². The Labute approximate surface area is 205 Å². The standard InChI is InChI=1S/C24H39N5O.HI/c1-3-25-24(26-15-20(2)16-27-11-7-8-12-27)29-18-22-23(19-29)30-14-13-28(22)17-21-9-5-4-6-10-21;/h4-6,9-10,20,22-23H,3,7-8,11-19H2,1-2H3,(H,25,26);1H. The lowest BCUT2D eigenvalue weighted by atomic mass is 10.1. The largest absolute Gasteiger partial charge is 0.373 e. The van der Waals surface area contributed by atoms with Crippen LogP contribution in [0.4, 0.5) is 0 Å². The van der Waals surface area contributed by atoms with Crippen molar-refractivity contribution in [2.45, 2.75) is 45.4 Å². The number of fused-ring (bicyclic) bond motifs is 1. The number of morpholine rings is 1. The van der Waals surface area contributed by atoms with Crippen molar-refractivity contribution in [3.05, 3.63) is 35.9 Å². The molecule has 3 unspecified atom stereocenters. The summed E-state index contributed by atoms with van der Waals surface area (Å²) in [4.78, 5) is 12.6. The topological polar surface area (TPSA) is 43.3 Å². The van der Waals surface area contributed by atoms with Crippen LogP contribution in [0.25, 0.3) is 0 Å². The predicted molar refractivity (Wildman–Crippen MR) is 138 cm³/mol. The number of aliphatic imine (C=N–C) groups is 1. The van der Waals surface area contributed by atoms with E-state index in [1.807, 2.05) is 0 Å². The number of benzene rings is 1. The second-order valence-corrected chi connectivity index (χ2v) is 9.15. The second kappa shape index (κ2) is 12.4. The zero-order valence-electron chi connectivity index (χ0n) is 19.2. The van der Waals surface area contributed by atoms with Crippen LogP contribution in [0.5, 0.6) is 0 Å². The van der Waals surface area contributed by atoms with Crippen molar-refractivity contribution in [2.75, 3.05) is 59.0 Å². The van der Waals surface area contributed by atoms with Crippen LogP contribution in [0.3, 0.4) is 0 Å². The first-order valence-corrected chi connectivity index (χ1v) is 11.9. The number of rotatable bonds is 7. The van der Waals surface area contributed by atoms with E-state index in [1.165, 1.54) is 38.0 Å². The van der Waals surface area contributed by atoms with Gasteiger partial charge in [-0.15, -0.1) is 24.0 Å². The molecule has 1 N–H and O–H groups in total. The molecule has 4 rings (SSSR count). The first kappa shape index (κ1) is 24.7. The van der Waals surface area contributed by atoms with Gasteiger partial charge in [0, 0.05) is 45.8 Å². The molecule has 31 heavy (non-hydrogen) atoms. The van der Waals surface area contributed by atoms with Crippen LogP contribution in [-0.4, -0.2) is 91.8 Å². The van der Waals surface area contributed by atoms with Gasteiger partial charge in [0.25, 0.3) is 0 Å². The first-order valence-electron chi connectivity index (χ1n) is 11.9. The van der Waals surface area contributed by atoms with Crippen LogP contribution < -0.4 is 5.32 Å². The first-order chi connectivity index (χ1) is 14.7. The van der Waals surface area contributed by atoms with Gasteiger partial charge in [0.05, 0.1) is 18.8 Å². The van der Waals surface area contributed by atoms with Crippen molar-refractivity contribution in [1.82, 2.24) is 20.0 Å². The van der Waals surface area contributed by atoms with Crippen LogP contribution in [0, 0.1) is 5.92 Å². The molecule has 0 bridgehead atoms. The molecule has 3 atom stereocenters. The summed E-state index contributed by atoms with van der Waals surface area (Å²) in [6.07, 6.45) is 2.98. The smallest absolute Gasteiger partial charge is 0.194 e. The third-order valence-electron chi connectivity index (χ3n) is 6.60. The Hall–Kier alpha value is -0.900. The van der Waals surface area contributed by atoms with Crippen molar-refractivity contribution in [2.24, 2.45) is 10.9 Å². The van der Waals surface area contributed by atoms with Gasteiger partial charge >= 0.3 is 0 Å². The van der Waals surface area contributed by atoms with Gasteiger partial charge in [-0.3, -0.25) is 9.89 Å². The average molecular weight is 542 g/mol. The van der Waals surface area contributed by atoms with Crippen LogP contribution >= 0.6 is 24.0 Å². The van der Waals surface area contributed by atoms with E-state index in [2.05, 4.69) is 64.2 Å². The van der Waals surface area contributed by atoms with Gasteiger partial charge in [-0.05, 0) is 44.3 Å². The van der Waals surface area contributed by atoms with Crippen molar-refractivity contribution < 1.29 is 4.74 Å². The van der Waals surface area contributed by atoms with E-state index in [9.17, 15) is 0 Å². The normalized spacial score (nSPS) is 25.9. The molecule has 0 aromatic heterocycles. The maximum absolute atomic E-state index is 6.17. The molecule has 3 aliphatic heterocycles. The third-order valence-corrected chi connectivity index (χ3v) is 6.60. The molecule has 0 spiro atoms. The highest BCUT2D eigenvalue weighted by atomic mass is 127. The van der Waals surface area contributed by atoms with Crippen LogP contribution in [-0.2, 0) is 11.3 Å². The Morgan fingerprint density at radius 3 is 2.68 bits per heavy atom. The Morgan fingerprint density at radius 2 is 1.94 bits per heavy atom. The lowest BCUT2D eigenvalue weighted by Crippen LogP contribution is -2.50. The zero-order valence-corrected chi connectivity index (χ0v) is 21.5. The molecule has 3 aliphatic rings. The van der Waals surface area contributed by atoms with Gasteiger partial charge in [-0.25, -0.2) is 0 Å². The summed E-state index contributed by atoms with van der Waals surface area (Å²) in [5, 5.41) is 3.54. The van der Waals surface area contributed by atoms with Gasteiger partial charge in [-0.2, -0.15) is 0 Å². The van der Waals surface area contributed by atoms with Gasteiger partial charge in [0.15, 0.2) is 5.96 Å². The monoisotopic (exact) mass is 541 g/mol. The van der Waals surface area contributed by atoms with E-state index in [-0.39, 0.29) is 30.1 Å². The fourth-order valence-electron chi connectivity index (χ4n) is 5.08. The minimum atomic E-state index is 0. The van der Waals surface area contributed by atoms with Crippen LogP contribution in [0.2, 0.25) is 0 Å². The van der Waals surface area contributed by atoms with Crippen LogP contribution in [0.1, 0.15) is 32.3 Å². The van der Waals surface area contributed by atoms with Crippen molar-refractivity contribution >= 4 is 29.9 Å². The number of nitrogens with zero attached hydrogens (tertiary/aromatic N) is 4. The summed E-state index contributed by atoms with van der Waals surface area (Å²) in [6.45, 7) is 14.7. The Bertz CT molecular complexity index is 682. The summed E-state index contributed by atoms with van der Waals surface area (Å²) in [6, 6.07) is 11.2. The second-order valence-electron chi connectivity index (χ2n) is 9.15. The minimum absolute atomic E-state index is 0. The van der Waals surface area contributed by atoms with E-state index >= 15 is 0 Å². The number of ether oxygens (including phenoxy) is 1. The molecule has 3 heterocycles. The Morgan fingerprint density at radius 1 is 1.16 bits per heavy atom. The predicted octanol–water partition coefficient (Wildman–Crippen LogP) is 2.89. The number of hydrogen-bond donors (Lipinski definition) is 1. The van der Waals surface area contributed by atoms with Crippen molar-refractivity contribution in [3.8, 4) is 0 Å². The molecule has 0 radical (unpaired) electrons. The molecule has 1 aromatic rings. The van der Waals surface area contributed by atoms with E-state index < -0.39 is 0 Å².